The number of hydrogen-bond acceptors (Lipinski definition) is 3. The zero-order chi connectivity index (χ0) is 15.3. The molecule has 0 unspecified atom stereocenters. The zero-order valence-corrected chi connectivity index (χ0v) is 12.8. The SMILES string of the molecule is C=CCCCN(C)S(=O)(=O)c1cc(F)c(Cl)c(CN)c1. The second-order valence-corrected chi connectivity index (χ2v) is 6.76. The summed E-state index contributed by atoms with van der Waals surface area (Å²) in [4.78, 5) is -0.138. The number of nitrogens with two attached hydrogens (primary N) is 1. The number of sulfonamides is 1. The Hall–Kier alpha value is -0.950. The van der Waals surface area contributed by atoms with Crippen molar-refractivity contribution in [1.82, 2.24) is 4.31 Å². The lowest BCUT2D eigenvalue weighted by Gasteiger charge is -2.17. The Morgan fingerprint density at radius 2 is 2.15 bits per heavy atom. The van der Waals surface area contributed by atoms with Crippen LogP contribution in [0.25, 0.3) is 0 Å². The lowest BCUT2D eigenvalue weighted by Crippen LogP contribution is -2.28. The topological polar surface area (TPSA) is 63.4 Å². The summed E-state index contributed by atoms with van der Waals surface area (Å²) in [6.45, 7) is 3.88. The average Bonchev–Trinajstić information content (AvgIpc) is 2.41. The monoisotopic (exact) mass is 320 g/mol. The van der Waals surface area contributed by atoms with E-state index in [1.165, 1.54) is 17.4 Å². The minimum absolute atomic E-state index is 0.0285. The molecule has 0 saturated carbocycles. The number of hydrogen-bond donors (Lipinski definition) is 1. The maximum absolute atomic E-state index is 13.6. The molecule has 7 heteroatoms. The quantitative estimate of drug-likeness (QED) is 0.620. The second kappa shape index (κ2) is 7.17. The molecule has 112 valence electrons. The predicted molar refractivity (Wildman–Crippen MR) is 78.5 cm³/mol. The third kappa shape index (κ3) is 3.79. The standard InChI is InChI=1S/C13H18ClFN2O2S/c1-3-4-5-6-17(2)20(18,19)11-7-10(9-16)13(14)12(15)8-11/h3,7-8H,1,4-6,9,16H2,2H3. The molecular formula is C13H18ClFN2O2S. The summed E-state index contributed by atoms with van der Waals surface area (Å²) in [6.07, 6.45) is 3.08. The Morgan fingerprint density at radius 3 is 2.70 bits per heavy atom. The Balaban J connectivity index is 3.09. The minimum atomic E-state index is -3.75. The van der Waals surface area contributed by atoms with Crippen molar-refractivity contribution in [2.24, 2.45) is 5.73 Å². The summed E-state index contributed by atoms with van der Waals surface area (Å²) in [5, 5.41) is -0.138. The Kier molecular flexibility index (Phi) is 6.13. The van der Waals surface area contributed by atoms with Crippen LogP contribution < -0.4 is 5.73 Å². The molecule has 20 heavy (non-hydrogen) atoms. The third-order valence-electron chi connectivity index (χ3n) is 2.89. The summed E-state index contributed by atoms with van der Waals surface area (Å²) >= 11 is 5.72. The van der Waals surface area contributed by atoms with Gasteiger partial charge in [-0.1, -0.05) is 17.7 Å². The van der Waals surface area contributed by atoms with E-state index in [9.17, 15) is 12.8 Å². The normalized spacial score (nSPS) is 11.8. The van der Waals surface area contributed by atoms with Crippen molar-refractivity contribution in [2.75, 3.05) is 13.6 Å². The lowest BCUT2D eigenvalue weighted by atomic mass is 10.2. The van der Waals surface area contributed by atoms with E-state index in [0.29, 0.717) is 19.4 Å². The average molecular weight is 321 g/mol. The van der Waals surface area contributed by atoms with Gasteiger partial charge in [0, 0.05) is 20.1 Å². The van der Waals surface area contributed by atoms with Gasteiger partial charge in [0.1, 0.15) is 5.82 Å². The van der Waals surface area contributed by atoms with E-state index in [0.717, 1.165) is 6.07 Å². The minimum Gasteiger partial charge on any atom is -0.326 e. The summed E-state index contributed by atoms with van der Waals surface area (Å²) in [6, 6.07) is 2.23. The molecule has 0 fully saturated rings. The van der Waals surface area contributed by atoms with Crippen LogP contribution in [0.15, 0.2) is 29.7 Å². The van der Waals surface area contributed by atoms with Gasteiger partial charge in [0.25, 0.3) is 0 Å². The van der Waals surface area contributed by atoms with Crippen molar-refractivity contribution in [3.63, 3.8) is 0 Å². The number of unbranched alkanes of at least 4 members (excludes halogenated alkanes) is 1. The van der Waals surface area contributed by atoms with Crippen molar-refractivity contribution in [3.8, 4) is 0 Å². The summed E-state index contributed by atoms with van der Waals surface area (Å²) in [7, 11) is -2.30. The van der Waals surface area contributed by atoms with E-state index in [1.807, 2.05) is 0 Å². The molecule has 4 nitrogen and oxygen atoms in total. The van der Waals surface area contributed by atoms with Gasteiger partial charge in [0.2, 0.25) is 10.0 Å². The van der Waals surface area contributed by atoms with Crippen LogP contribution in [0.4, 0.5) is 4.39 Å². The number of nitrogens with zero attached hydrogens (tertiary/aromatic N) is 1. The number of allylic oxidation sites excluding steroid dienone is 1. The van der Waals surface area contributed by atoms with Gasteiger partial charge in [-0.3, -0.25) is 0 Å². The smallest absolute Gasteiger partial charge is 0.242 e. The number of halogens is 2. The first-order chi connectivity index (χ1) is 9.34. The maximum atomic E-state index is 13.6. The largest absolute Gasteiger partial charge is 0.326 e. The van der Waals surface area contributed by atoms with E-state index in [1.54, 1.807) is 6.08 Å². The van der Waals surface area contributed by atoms with Gasteiger partial charge in [-0.15, -0.1) is 6.58 Å². The van der Waals surface area contributed by atoms with Gasteiger partial charge in [0.05, 0.1) is 9.92 Å². The van der Waals surface area contributed by atoms with Crippen molar-refractivity contribution in [2.45, 2.75) is 24.3 Å². The van der Waals surface area contributed by atoms with E-state index in [-0.39, 0.29) is 22.0 Å². The van der Waals surface area contributed by atoms with Gasteiger partial charge in [0.15, 0.2) is 0 Å². The number of benzene rings is 1. The maximum Gasteiger partial charge on any atom is 0.242 e. The van der Waals surface area contributed by atoms with Crippen molar-refractivity contribution < 1.29 is 12.8 Å². The molecule has 2 N–H and O–H groups in total. The fourth-order valence-corrected chi connectivity index (χ4v) is 3.13. The van der Waals surface area contributed by atoms with Crippen LogP contribution in [-0.2, 0) is 16.6 Å². The van der Waals surface area contributed by atoms with Crippen molar-refractivity contribution in [3.05, 3.63) is 41.2 Å². The van der Waals surface area contributed by atoms with Crippen LogP contribution in [0, 0.1) is 5.82 Å². The molecule has 0 aliphatic carbocycles. The van der Waals surface area contributed by atoms with Crippen LogP contribution in [0.2, 0.25) is 5.02 Å². The molecule has 0 amide bonds. The second-order valence-electron chi connectivity index (χ2n) is 4.34. The van der Waals surface area contributed by atoms with E-state index >= 15 is 0 Å². The van der Waals surface area contributed by atoms with Crippen molar-refractivity contribution >= 4 is 21.6 Å². The Bertz CT molecular complexity index is 590. The van der Waals surface area contributed by atoms with Crippen LogP contribution >= 0.6 is 11.6 Å². The van der Waals surface area contributed by atoms with Crippen LogP contribution in [-0.4, -0.2) is 26.3 Å². The molecule has 0 saturated heterocycles. The lowest BCUT2D eigenvalue weighted by molar-refractivity contribution is 0.462. The van der Waals surface area contributed by atoms with Crippen LogP contribution in [0.5, 0.6) is 0 Å². The highest BCUT2D eigenvalue weighted by atomic mass is 35.5. The zero-order valence-electron chi connectivity index (χ0n) is 11.3. The molecule has 1 aromatic carbocycles. The van der Waals surface area contributed by atoms with E-state index in [2.05, 4.69) is 6.58 Å². The fraction of sp³-hybridized carbons (Fsp3) is 0.385. The van der Waals surface area contributed by atoms with Gasteiger partial charge >= 0.3 is 0 Å². The van der Waals surface area contributed by atoms with Gasteiger partial charge in [-0.25, -0.2) is 17.1 Å². The molecule has 0 aliphatic rings. The third-order valence-corrected chi connectivity index (χ3v) is 5.14. The molecule has 0 aliphatic heterocycles. The molecule has 0 spiro atoms. The van der Waals surface area contributed by atoms with Crippen LogP contribution in [0.1, 0.15) is 18.4 Å². The first-order valence-electron chi connectivity index (χ1n) is 6.09. The first kappa shape index (κ1) is 17.1. The van der Waals surface area contributed by atoms with E-state index < -0.39 is 15.8 Å². The Morgan fingerprint density at radius 1 is 1.50 bits per heavy atom. The molecule has 0 atom stereocenters. The van der Waals surface area contributed by atoms with Gasteiger partial charge in [-0.05, 0) is 30.5 Å². The number of rotatable bonds is 7. The molecule has 0 heterocycles. The molecule has 0 aromatic heterocycles. The fourth-order valence-electron chi connectivity index (χ4n) is 1.67. The molecule has 1 rings (SSSR count). The highest BCUT2D eigenvalue weighted by Crippen LogP contribution is 2.25. The summed E-state index contributed by atoms with van der Waals surface area (Å²) < 4.78 is 39.4. The predicted octanol–water partition coefficient (Wildman–Crippen LogP) is 2.52. The molecule has 0 bridgehead atoms. The van der Waals surface area contributed by atoms with Crippen LogP contribution in [0.3, 0.4) is 0 Å². The summed E-state index contributed by atoms with van der Waals surface area (Å²) in [5.74, 6) is -0.785. The van der Waals surface area contributed by atoms with Gasteiger partial charge in [-0.2, -0.15) is 0 Å². The summed E-state index contributed by atoms with van der Waals surface area (Å²) in [5.41, 5.74) is 5.70. The first-order valence-corrected chi connectivity index (χ1v) is 7.91. The van der Waals surface area contributed by atoms with Gasteiger partial charge < -0.3 is 5.73 Å². The molecule has 1 aromatic rings. The van der Waals surface area contributed by atoms with Crippen molar-refractivity contribution in [1.29, 1.82) is 0 Å². The van der Waals surface area contributed by atoms with E-state index in [4.69, 9.17) is 17.3 Å². The highest BCUT2D eigenvalue weighted by Gasteiger charge is 2.23. The highest BCUT2D eigenvalue weighted by molar-refractivity contribution is 7.89. The molecular weight excluding hydrogens is 303 g/mol. The molecule has 0 radical (unpaired) electrons. The Labute approximate surface area is 124 Å².